The van der Waals surface area contributed by atoms with Crippen molar-refractivity contribution in [1.29, 1.82) is 0 Å². The zero-order valence-electron chi connectivity index (χ0n) is 22.5. The monoisotopic (exact) mass is 567 g/mol. The number of alkyl halides is 3. The van der Waals surface area contributed by atoms with Crippen LogP contribution in [-0.4, -0.2) is 37.5 Å². The smallest absolute Gasteiger partial charge is 0.418 e. The molecule has 2 aromatic rings. The zero-order chi connectivity index (χ0) is 28.2. The lowest BCUT2D eigenvalue weighted by Gasteiger charge is -2.38. The molecule has 1 unspecified atom stereocenters. The lowest BCUT2D eigenvalue weighted by atomic mass is 9.96. The maximum Gasteiger partial charge on any atom is 0.418 e. The summed E-state index contributed by atoms with van der Waals surface area (Å²) in [5.41, 5.74) is 5.50. The number of hydrogen-bond donors (Lipinski definition) is 2. The van der Waals surface area contributed by atoms with Crippen LogP contribution in [0.15, 0.2) is 29.7 Å². The van der Waals surface area contributed by atoms with E-state index in [2.05, 4.69) is 56.1 Å². The van der Waals surface area contributed by atoms with E-state index in [1.54, 1.807) is 12.3 Å². The third-order valence-electron chi connectivity index (χ3n) is 7.51. The Balaban J connectivity index is 1.84. The predicted octanol–water partition coefficient (Wildman–Crippen LogP) is 5.13. The zero-order valence-corrected chi connectivity index (χ0v) is 24.3. The van der Waals surface area contributed by atoms with Crippen LogP contribution in [0.25, 0.3) is 16.9 Å². The second-order valence-corrected chi connectivity index (χ2v) is 16.3. The van der Waals surface area contributed by atoms with Gasteiger partial charge < -0.3 is 25.1 Å². The summed E-state index contributed by atoms with van der Waals surface area (Å²) in [6, 6.07) is 1.53. The summed E-state index contributed by atoms with van der Waals surface area (Å²) in [5.74, 6) is 1.05. The van der Waals surface area contributed by atoms with Gasteiger partial charge in [-0.05, 0) is 43.6 Å². The van der Waals surface area contributed by atoms with Crippen molar-refractivity contribution in [2.24, 2.45) is 4.99 Å². The maximum absolute atomic E-state index is 13.6. The molecule has 2 aliphatic heterocycles. The molecule has 0 amide bonds. The number of ether oxygens (including phenoxy) is 1. The first-order valence-corrected chi connectivity index (χ1v) is 15.6. The Kier molecular flexibility index (Phi) is 7.26. The van der Waals surface area contributed by atoms with Gasteiger partial charge in [0.15, 0.2) is 8.32 Å². The van der Waals surface area contributed by atoms with Gasteiger partial charge in [0, 0.05) is 23.5 Å². The minimum atomic E-state index is -4.59. The second-order valence-electron chi connectivity index (χ2n) is 11.1. The summed E-state index contributed by atoms with van der Waals surface area (Å²) >= 11 is 6.83. The highest BCUT2D eigenvalue weighted by Gasteiger charge is 2.38. The number of hydrogen-bond acceptors (Lipinski definition) is 7. The molecule has 38 heavy (non-hydrogen) atoms. The molecular formula is C26H33ClF3N5O2Si. The molecule has 0 spiro atoms. The van der Waals surface area contributed by atoms with Crippen LogP contribution < -0.4 is 26.4 Å². The molecule has 0 saturated carbocycles. The number of halogens is 4. The number of nitrogens with zero attached hydrogens (tertiary/aromatic N) is 3. The highest BCUT2D eigenvalue weighted by atomic mass is 35.5. The van der Waals surface area contributed by atoms with E-state index in [1.165, 1.54) is 13.2 Å². The number of aromatic nitrogens is 1. The number of nitrogens with two attached hydrogens (primary N) is 1. The van der Waals surface area contributed by atoms with Crippen molar-refractivity contribution in [3.8, 4) is 16.9 Å². The van der Waals surface area contributed by atoms with Crippen molar-refractivity contribution in [2.45, 2.75) is 65.0 Å². The Morgan fingerprint density at radius 2 is 1.97 bits per heavy atom. The van der Waals surface area contributed by atoms with Gasteiger partial charge in [-0.3, -0.25) is 4.99 Å². The molecule has 4 rings (SSSR count). The molecule has 1 aromatic heterocycles. The average molecular weight is 568 g/mol. The lowest BCUT2D eigenvalue weighted by molar-refractivity contribution is -0.138. The number of rotatable bonds is 5. The number of pyridine rings is 1. The van der Waals surface area contributed by atoms with Gasteiger partial charge in [-0.1, -0.05) is 32.4 Å². The van der Waals surface area contributed by atoms with Gasteiger partial charge in [-0.2, -0.15) is 13.2 Å². The van der Waals surface area contributed by atoms with Crippen molar-refractivity contribution >= 4 is 31.6 Å². The topological polar surface area (TPSA) is 85.0 Å². The summed E-state index contributed by atoms with van der Waals surface area (Å²) < 4.78 is 53.3. The molecule has 7 nitrogen and oxygen atoms in total. The van der Waals surface area contributed by atoms with Gasteiger partial charge in [0.25, 0.3) is 0 Å². The molecule has 12 heteroatoms. The van der Waals surface area contributed by atoms with Crippen molar-refractivity contribution in [2.75, 3.05) is 19.0 Å². The quantitative estimate of drug-likeness (QED) is 0.487. The van der Waals surface area contributed by atoms with Gasteiger partial charge in [0.1, 0.15) is 30.3 Å². The molecule has 0 radical (unpaired) electrons. The van der Waals surface area contributed by atoms with E-state index in [1.807, 2.05) is 4.90 Å². The molecular weight excluding hydrogens is 535 g/mol. The van der Waals surface area contributed by atoms with Gasteiger partial charge >= 0.3 is 6.18 Å². The molecule has 0 aliphatic carbocycles. The van der Waals surface area contributed by atoms with Crippen LogP contribution in [0.3, 0.4) is 0 Å². The Hall–Kier alpha value is -2.76. The van der Waals surface area contributed by atoms with Gasteiger partial charge in [-0.25, -0.2) is 4.98 Å². The summed E-state index contributed by atoms with van der Waals surface area (Å²) in [6.07, 6.45) is -0.524. The maximum atomic E-state index is 13.6. The van der Waals surface area contributed by atoms with Gasteiger partial charge in [0.2, 0.25) is 0 Å². The van der Waals surface area contributed by atoms with Gasteiger partial charge in [0.05, 0.1) is 33.8 Å². The van der Waals surface area contributed by atoms with Crippen LogP contribution in [0.4, 0.5) is 19.0 Å². The third kappa shape index (κ3) is 4.99. The molecule has 3 N–H and O–H groups in total. The predicted molar refractivity (Wildman–Crippen MR) is 145 cm³/mol. The molecule has 3 heterocycles. The van der Waals surface area contributed by atoms with E-state index in [-0.39, 0.29) is 45.3 Å². The van der Waals surface area contributed by atoms with E-state index in [0.717, 1.165) is 12.0 Å². The van der Waals surface area contributed by atoms with E-state index in [0.29, 0.717) is 22.9 Å². The summed E-state index contributed by atoms with van der Waals surface area (Å²) in [6.45, 7) is 15.1. The first-order valence-electron chi connectivity index (χ1n) is 12.3. The molecule has 0 fully saturated rings. The van der Waals surface area contributed by atoms with Crippen LogP contribution in [-0.2, 0) is 10.6 Å². The van der Waals surface area contributed by atoms with E-state index in [9.17, 15) is 13.2 Å². The fraction of sp³-hybridized carbons (Fsp3) is 0.462. The Bertz CT molecular complexity index is 1420. The van der Waals surface area contributed by atoms with Crippen LogP contribution in [0.5, 0.6) is 5.75 Å². The normalized spacial score (nSPS) is 16.3. The van der Waals surface area contributed by atoms with Crippen molar-refractivity contribution in [1.82, 2.24) is 15.2 Å². The SMILES string of the molecule is Cc1c(C(F)(F)F)cnc(N)c1-c1cc2c3c(c1Cl)=NCNC=3N(C(C)CO[Si](C)(C)C(C)(C)C)C=CO2. The first kappa shape index (κ1) is 28.3. The van der Waals surface area contributed by atoms with Crippen LogP contribution >= 0.6 is 11.6 Å². The van der Waals surface area contributed by atoms with E-state index < -0.39 is 20.1 Å². The standard InChI is InChI=1S/C26H33ClF3N5O2Si/c1-14(12-37-38(6,7)25(3,4)5)35-8-9-36-18-10-16(21(27)22-20(18)24(35)34-13-33-22)19-15(2)17(26(28,29)30)11-32-23(19)31/h8-11,14,34H,12-13H2,1-7H3,(H2,31,32). The Morgan fingerprint density at radius 3 is 2.61 bits per heavy atom. The first-order chi connectivity index (χ1) is 17.5. The Morgan fingerprint density at radius 1 is 1.29 bits per heavy atom. The molecule has 1 aromatic carbocycles. The second kappa shape index (κ2) is 9.76. The van der Waals surface area contributed by atoms with E-state index >= 15 is 0 Å². The summed E-state index contributed by atoms with van der Waals surface area (Å²) in [5, 5.41) is 4.58. The van der Waals surface area contributed by atoms with Crippen LogP contribution in [0.1, 0.15) is 38.8 Å². The largest absolute Gasteiger partial charge is 0.463 e. The molecule has 206 valence electrons. The van der Waals surface area contributed by atoms with Crippen LogP contribution in [0.2, 0.25) is 23.2 Å². The molecule has 0 saturated heterocycles. The highest BCUT2D eigenvalue weighted by molar-refractivity contribution is 6.74. The van der Waals surface area contributed by atoms with Crippen molar-refractivity contribution in [3.63, 3.8) is 0 Å². The van der Waals surface area contributed by atoms with Crippen LogP contribution in [0, 0.1) is 6.92 Å². The highest BCUT2D eigenvalue weighted by Crippen LogP contribution is 2.40. The number of anilines is 1. The summed E-state index contributed by atoms with van der Waals surface area (Å²) in [4.78, 5) is 10.4. The third-order valence-corrected chi connectivity index (χ3v) is 12.4. The Labute approximate surface area is 226 Å². The minimum Gasteiger partial charge on any atom is -0.463 e. The van der Waals surface area contributed by atoms with Crippen molar-refractivity contribution in [3.05, 3.63) is 51.5 Å². The molecule has 1 atom stereocenters. The van der Waals surface area contributed by atoms with E-state index in [4.69, 9.17) is 26.5 Å². The fourth-order valence-electron chi connectivity index (χ4n) is 4.26. The minimum absolute atomic E-state index is 0.0626. The average Bonchev–Trinajstić information content (AvgIpc) is 2.99. The fourth-order valence-corrected chi connectivity index (χ4v) is 5.65. The molecule has 2 aliphatic rings. The van der Waals surface area contributed by atoms with Gasteiger partial charge in [-0.15, -0.1) is 0 Å². The van der Waals surface area contributed by atoms with Crippen molar-refractivity contribution < 1.29 is 22.3 Å². The number of nitrogen functional groups attached to an aromatic ring is 1. The lowest BCUT2D eigenvalue weighted by Crippen LogP contribution is -2.48. The number of benzene rings is 1. The molecule has 0 bridgehead atoms. The summed E-state index contributed by atoms with van der Waals surface area (Å²) in [7, 11) is -1.98. The number of nitrogens with one attached hydrogen (secondary N) is 1.